The summed E-state index contributed by atoms with van der Waals surface area (Å²) in [6.45, 7) is 5.67. The average molecular weight is 520 g/mol. The van der Waals surface area contributed by atoms with E-state index in [0.29, 0.717) is 22.2 Å². The van der Waals surface area contributed by atoms with Gasteiger partial charge in [-0.05, 0) is 42.2 Å². The van der Waals surface area contributed by atoms with E-state index in [2.05, 4.69) is 33.7 Å². The molecule has 3 N–H and O–H groups in total. The van der Waals surface area contributed by atoms with Gasteiger partial charge in [0.05, 0.1) is 16.9 Å². The van der Waals surface area contributed by atoms with Gasteiger partial charge in [0.25, 0.3) is 11.5 Å². The number of imidazole rings is 1. The van der Waals surface area contributed by atoms with Gasteiger partial charge in [-0.2, -0.15) is 9.78 Å². The Morgan fingerprint density at radius 1 is 1.05 bits per heavy atom. The Hall–Kier alpha value is -4.12. The molecule has 3 atom stereocenters. The normalized spacial score (nSPS) is 20.3. The number of fused-ring (bicyclic) bond motifs is 2. The third kappa shape index (κ3) is 3.76. The number of aromatic nitrogens is 4. The van der Waals surface area contributed by atoms with Crippen LogP contribution < -0.4 is 21.5 Å². The topological polar surface area (TPSA) is 111 Å². The fraction of sp³-hybridized carbons (Fsp3) is 0.333. The average Bonchev–Trinajstić information content (AvgIpc) is 3.20. The van der Waals surface area contributed by atoms with E-state index in [1.165, 1.54) is 12.1 Å². The summed E-state index contributed by atoms with van der Waals surface area (Å²) in [5.74, 6) is -0.629. The van der Waals surface area contributed by atoms with Crippen LogP contribution in [0.3, 0.4) is 0 Å². The maximum atomic E-state index is 14.4. The van der Waals surface area contributed by atoms with Crippen LogP contribution in [0.15, 0.2) is 47.3 Å². The van der Waals surface area contributed by atoms with Crippen LogP contribution in [0.2, 0.25) is 0 Å². The van der Waals surface area contributed by atoms with Gasteiger partial charge in [-0.3, -0.25) is 9.59 Å². The molecule has 6 rings (SSSR count). The molecule has 0 spiro atoms. The molecular formula is C27H27F2N7O2. The SMILES string of the molecule is CC(C)c1nc2c(N3CC4C(N)[C@@H]4C3)c(NC(=O)c3ccc(=O)n(-c4c(F)cccc4F)n3)ccc2n1C. The summed E-state index contributed by atoms with van der Waals surface area (Å²) >= 11 is 0. The number of para-hydroxylation sites is 1. The number of amides is 1. The molecule has 11 heteroatoms. The third-order valence-electron chi connectivity index (χ3n) is 7.58. The number of carbonyl (C=O) groups excluding carboxylic acids is 1. The van der Waals surface area contributed by atoms with Crippen LogP contribution in [0, 0.1) is 23.5 Å². The second kappa shape index (κ2) is 8.73. The lowest BCUT2D eigenvalue weighted by Gasteiger charge is -2.25. The molecule has 0 bridgehead atoms. The Morgan fingerprint density at radius 2 is 1.74 bits per heavy atom. The highest BCUT2D eigenvalue weighted by Gasteiger charge is 2.54. The number of halogens is 2. The van der Waals surface area contributed by atoms with Gasteiger partial charge in [0, 0.05) is 38.2 Å². The van der Waals surface area contributed by atoms with Crippen molar-refractivity contribution in [2.45, 2.75) is 25.8 Å². The largest absolute Gasteiger partial charge is 0.367 e. The molecule has 2 aromatic heterocycles. The van der Waals surface area contributed by atoms with Crippen LogP contribution in [-0.2, 0) is 7.05 Å². The molecule has 1 saturated heterocycles. The molecule has 4 aromatic rings. The van der Waals surface area contributed by atoms with E-state index in [-0.39, 0.29) is 17.7 Å². The summed E-state index contributed by atoms with van der Waals surface area (Å²) in [5, 5.41) is 6.88. The molecule has 2 fully saturated rings. The second-order valence-electron chi connectivity index (χ2n) is 10.3. The monoisotopic (exact) mass is 519 g/mol. The first kappa shape index (κ1) is 24.2. The van der Waals surface area contributed by atoms with Gasteiger partial charge in [0.2, 0.25) is 0 Å². The number of carbonyl (C=O) groups is 1. The van der Waals surface area contributed by atoms with E-state index in [9.17, 15) is 18.4 Å². The summed E-state index contributed by atoms with van der Waals surface area (Å²) in [4.78, 5) is 32.9. The lowest BCUT2D eigenvalue weighted by Crippen LogP contribution is -2.30. The maximum Gasteiger partial charge on any atom is 0.276 e. The highest BCUT2D eigenvalue weighted by atomic mass is 19.1. The van der Waals surface area contributed by atoms with Crippen molar-refractivity contribution in [3.63, 3.8) is 0 Å². The van der Waals surface area contributed by atoms with E-state index in [1.54, 1.807) is 0 Å². The first-order valence-corrected chi connectivity index (χ1v) is 12.5. The number of benzene rings is 2. The van der Waals surface area contributed by atoms with Gasteiger partial charge < -0.3 is 20.5 Å². The van der Waals surface area contributed by atoms with E-state index in [1.807, 2.05) is 19.2 Å². The molecule has 196 valence electrons. The molecule has 0 radical (unpaired) electrons. The van der Waals surface area contributed by atoms with Crippen molar-refractivity contribution < 1.29 is 13.6 Å². The van der Waals surface area contributed by atoms with Gasteiger partial charge >= 0.3 is 0 Å². The number of nitrogens with one attached hydrogen (secondary N) is 1. The number of hydrogen-bond donors (Lipinski definition) is 2. The minimum Gasteiger partial charge on any atom is -0.367 e. The van der Waals surface area contributed by atoms with Crippen molar-refractivity contribution in [2.75, 3.05) is 23.3 Å². The lowest BCUT2D eigenvalue weighted by molar-refractivity contribution is 0.102. The number of rotatable bonds is 5. The van der Waals surface area contributed by atoms with Crippen molar-refractivity contribution in [1.82, 2.24) is 19.3 Å². The Labute approximate surface area is 216 Å². The van der Waals surface area contributed by atoms with Gasteiger partial charge in [0.15, 0.2) is 11.6 Å². The number of nitrogens with two attached hydrogens (primary N) is 1. The summed E-state index contributed by atoms with van der Waals surface area (Å²) < 4.78 is 31.3. The van der Waals surface area contributed by atoms with Gasteiger partial charge in [0.1, 0.15) is 22.7 Å². The zero-order valence-corrected chi connectivity index (χ0v) is 21.2. The summed E-state index contributed by atoms with van der Waals surface area (Å²) in [6, 6.07) is 9.43. The summed E-state index contributed by atoms with van der Waals surface area (Å²) in [5.41, 5.74) is 7.63. The second-order valence-corrected chi connectivity index (χ2v) is 10.3. The van der Waals surface area contributed by atoms with Crippen LogP contribution in [0.1, 0.15) is 36.1 Å². The number of aryl methyl sites for hydroxylation is 1. The first-order chi connectivity index (χ1) is 18.2. The molecule has 38 heavy (non-hydrogen) atoms. The summed E-state index contributed by atoms with van der Waals surface area (Å²) in [7, 11) is 1.97. The molecular weight excluding hydrogens is 492 g/mol. The van der Waals surface area contributed by atoms with Crippen molar-refractivity contribution in [3.05, 3.63) is 76.0 Å². The van der Waals surface area contributed by atoms with E-state index < -0.39 is 28.8 Å². The highest BCUT2D eigenvalue weighted by molar-refractivity contribution is 6.08. The van der Waals surface area contributed by atoms with Crippen molar-refractivity contribution in [3.8, 4) is 5.69 Å². The number of hydrogen-bond acceptors (Lipinski definition) is 6. The minimum absolute atomic E-state index is 0.173. The number of anilines is 2. The molecule has 1 aliphatic carbocycles. The Kier molecular flexibility index (Phi) is 5.56. The smallest absolute Gasteiger partial charge is 0.276 e. The van der Waals surface area contributed by atoms with Crippen LogP contribution in [0.5, 0.6) is 0 Å². The Balaban J connectivity index is 1.41. The Bertz CT molecular complexity index is 1630. The quantitative estimate of drug-likeness (QED) is 0.419. The lowest BCUT2D eigenvalue weighted by atomic mass is 10.2. The van der Waals surface area contributed by atoms with Crippen molar-refractivity contribution >= 4 is 28.3 Å². The number of piperidine rings is 1. The van der Waals surface area contributed by atoms with E-state index >= 15 is 0 Å². The standard InChI is InChI=1S/C27H27F2N7O2/c1-13(2)26-32-23-20(34(26)3)9-7-18(25(23)35-11-14-15(12-35)22(14)30)31-27(38)19-8-10-21(37)36(33-19)24-16(28)5-4-6-17(24)29/h4-10,13-15,22H,11-12,30H2,1-3H3,(H,31,38)/t14-,15?,22?/m1/s1. The first-order valence-electron chi connectivity index (χ1n) is 12.5. The molecule has 2 unspecified atom stereocenters. The molecule has 3 heterocycles. The zero-order chi connectivity index (χ0) is 26.9. The number of nitrogens with zero attached hydrogens (tertiary/aromatic N) is 5. The molecule has 2 aliphatic rings. The molecule has 1 saturated carbocycles. The molecule has 1 amide bonds. The van der Waals surface area contributed by atoms with Crippen LogP contribution >= 0.6 is 0 Å². The minimum atomic E-state index is -0.966. The predicted molar refractivity (Wildman–Crippen MR) is 140 cm³/mol. The van der Waals surface area contributed by atoms with Gasteiger partial charge in [-0.1, -0.05) is 19.9 Å². The third-order valence-corrected chi connectivity index (χ3v) is 7.58. The van der Waals surface area contributed by atoms with E-state index in [0.717, 1.165) is 53.8 Å². The maximum absolute atomic E-state index is 14.4. The van der Waals surface area contributed by atoms with Crippen LogP contribution in [-0.4, -0.2) is 44.4 Å². The van der Waals surface area contributed by atoms with Crippen molar-refractivity contribution in [1.29, 1.82) is 0 Å². The van der Waals surface area contributed by atoms with E-state index in [4.69, 9.17) is 10.7 Å². The Morgan fingerprint density at radius 3 is 2.39 bits per heavy atom. The fourth-order valence-corrected chi connectivity index (χ4v) is 5.53. The molecule has 1 aliphatic heterocycles. The fourth-order valence-electron chi connectivity index (χ4n) is 5.53. The zero-order valence-electron chi connectivity index (χ0n) is 21.2. The molecule has 2 aromatic carbocycles. The van der Waals surface area contributed by atoms with Crippen molar-refractivity contribution in [2.24, 2.45) is 24.6 Å². The van der Waals surface area contributed by atoms with Gasteiger partial charge in [-0.25, -0.2) is 13.8 Å². The highest BCUT2D eigenvalue weighted by Crippen LogP contribution is 2.48. The van der Waals surface area contributed by atoms with Gasteiger partial charge in [-0.15, -0.1) is 0 Å². The predicted octanol–water partition coefficient (Wildman–Crippen LogP) is 3.17. The van der Waals surface area contributed by atoms with Crippen LogP contribution in [0.4, 0.5) is 20.2 Å². The molecule has 9 nitrogen and oxygen atoms in total. The summed E-state index contributed by atoms with van der Waals surface area (Å²) in [6.07, 6.45) is 0. The van der Waals surface area contributed by atoms with Crippen LogP contribution in [0.25, 0.3) is 16.7 Å².